The van der Waals surface area contributed by atoms with E-state index in [-0.39, 0.29) is 5.97 Å². The monoisotopic (exact) mass is 319 g/mol. The molecule has 0 saturated carbocycles. The normalized spacial score (nSPS) is 11.8. The fourth-order valence-electron chi connectivity index (χ4n) is 2.42. The summed E-state index contributed by atoms with van der Waals surface area (Å²) in [5.74, 6) is 0.200. The highest BCUT2D eigenvalue weighted by Crippen LogP contribution is 2.45. The van der Waals surface area contributed by atoms with Crippen LogP contribution in [0.4, 0.5) is 11.4 Å². The molecule has 0 atom stereocenters. The number of esters is 1. The van der Waals surface area contributed by atoms with Crippen LogP contribution in [0.15, 0.2) is 82.6 Å². The molecule has 1 N–H and O–H groups in total. The molecule has 3 nitrogen and oxygen atoms in total. The molecule has 0 spiro atoms. The number of ether oxygens (including phenoxy) is 1. The topological polar surface area (TPSA) is 38.3 Å². The van der Waals surface area contributed by atoms with Crippen molar-refractivity contribution < 1.29 is 9.53 Å². The van der Waals surface area contributed by atoms with Gasteiger partial charge in [0.15, 0.2) is 0 Å². The third-order valence-corrected chi connectivity index (χ3v) is 4.68. The van der Waals surface area contributed by atoms with E-state index in [1.807, 2.05) is 42.5 Å². The Morgan fingerprint density at radius 1 is 0.826 bits per heavy atom. The molecule has 1 aliphatic rings. The van der Waals surface area contributed by atoms with E-state index in [1.54, 1.807) is 30.0 Å². The summed E-state index contributed by atoms with van der Waals surface area (Å²) >= 11 is 1.67. The average molecular weight is 319 g/mol. The van der Waals surface area contributed by atoms with Crippen LogP contribution >= 0.6 is 11.8 Å². The number of hydrogen-bond donors (Lipinski definition) is 1. The molecule has 0 fully saturated rings. The second-order valence-electron chi connectivity index (χ2n) is 5.14. The summed E-state index contributed by atoms with van der Waals surface area (Å²) in [6, 6.07) is 22.8. The lowest BCUT2D eigenvalue weighted by molar-refractivity contribution is 0.0734. The SMILES string of the molecule is O=C(Oc1ccc2c(c1)Sc1ccccc1N2)c1ccccc1. The number of anilines is 2. The summed E-state index contributed by atoms with van der Waals surface area (Å²) in [6.07, 6.45) is 0. The van der Waals surface area contributed by atoms with Crippen molar-refractivity contribution in [1.29, 1.82) is 0 Å². The minimum absolute atomic E-state index is 0.347. The molecule has 0 aromatic heterocycles. The van der Waals surface area contributed by atoms with E-state index >= 15 is 0 Å². The summed E-state index contributed by atoms with van der Waals surface area (Å²) in [4.78, 5) is 14.3. The van der Waals surface area contributed by atoms with Gasteiger partial charge in [0, 0.05) is 9.79 Å². The predicted molar refractivity (Wildman–Crippen MR) is 91.7 cm³/mol. The van der Waals surface area contributed by atoms with Crippen molar-refractivity contribution in [3.8, 4) is 5.75 Å². The van der Waals surface area contributed by atoms with E-state index in [2.05, 4.69) is 17.4 Å². The molecule has 3 aromatic rings. The van der Waals surface area contributed by atoms with Gasteiger partial charge in [-0.1, -0.05) is 42.1 Å². The van der Waals surface area contributed by atoms with Gasteiger partial charge in [0.2, 0.25) is 0 Å². The van der Waals surface area contributed by atoms with Gasteiger partial charge < -0.3 is 10.1 Å². The Morgan fingerprint density at radius 3 is 2.43 bits per heavy atom. The van der Waals surface area contributed by atoms with Gasteiger partial charge in [0.05, 0.1) is 16.9 Å². The Hall–Kier alpha value is -2.72. The Bertz CT molecular complexity index is 878. The molecule has 0 bridgehead atoms. The van der Waals surface area contributed by atoms with Crippen molar-refractivity contribution in [1.82, 2.24) is 0 Å². The first-order valence-electron chi connectivity index (χ1n) is 7.25. The molecule has 0 unspecified atom stereocenters. The first kappa shape index (κ1) is 13.9. The molecular formula is C19H13NO2S. The van der Waals surface area contributed by atoms with Crippen LogP contribution in [-0.2, 0) is 0 Å². The van der Waals surface area contributed by atoms with Crippen molar-refractivity contribution in [3.05, 3.63) is 78.4 Å². The van der Waals surface area contributed by atoms with Crippen LogP contribution in [0.2, 0.25) is 0 Å². The smallest absolute Gasteiger partial charge is 0.343 e. The molecule has 0 aliphatic carbocycles. The molecule has 1 heterocycles. The lowest BCUT2D eigenvalue weighted by Gasteiger charge is -2.21. The fourth-order valence-corrected chi connectivity index (χ4v) is 3.43. The molecule has 0 amide bonds. The van der Waals surface area contributed by atoms with Crippen LogP contribution in [0, 0.1) is 0 Å². The Balaban J connectivity index is 1.58. The van der Waals surface area contributed by atoms with Crippen LogP contribution in [0.25, 0.3) is 0 Å². The van der Waals surface area contributed by atoms with Crippen molar-refractivity contribution in [2.75, 3.05) is 5.32 Å². The van der Waals surface area contributed by atoms with E-state index in [4.69, 9.17) is 4.74 Å². The molecule has 0 saturated heterocycles. The summed E-state index contributed by atoms with van der Waals surface area (Å²) < 4.78 is 5.47. The van der Waals surface area contributed by atoms with E-state index in [9.17, 15) is 4.79 Å². The van der Waals surface area contributed by atoms with Gasteiger partial charge >= 0.3 is 5.97 Å². The van der Waals surface area contributed by atoms with Crippen molar-refractivity contribution >= 4 is 29.1 Å². The minimum Gasteiger partial charge on any atom is -0.423 e. The van der Waals surface area contributed by atoms with E-state index in [0.29, 0.717) is 11.3 Å². The fraction of sp³-hybridized carbons (Fsp3) is 0. The highest BCUT2D eigenvalue weighted by Gasteiger charge is 2.16. The number of fused-ring (bicyclic) bond motifs is 2. The summed E-state index contributed by atoms with van der Waals surface area (Å²) in [7, 11) is 0. The lowest BCUT2D eigenvalue weighted by Crippen LogP contribution is -2.08. The molecule has 23 heavy (non-hydrogen) atoms. The summed E-state index contributed by atoms with van der Waals surface area (Å²) in [5, 5.41) is 3.39. The second-order valence-corrected chi connectivity index (χ2v) is 6.22. The Morgan fingerprint density at radius 2 is 1.57 bits per heavy atom. The Labute approximate surface area is 138 Å². The molecule has 1 aliphatic heterocycles. The van der Waals surface area contributed by atoms with Gasteiger partial charge in [-0.25, -0.2) is 4.79 Å². The first-order chi connectivity index (χ1) is 11.3. The quantitative estimate of drug-likeness (QED) is 0.411. The van der Waals surface area contributed by atoms with Gasteiger partial charge in [0.1, 0.15) is 5.75 Å². The molecule has 4 heteroatoms. The van der Waals surface area contributed by atoms with Gasteiger partial charge in [-0.15, -0.1) is 0 Å². The zero-order chi connectivity index (χ0) is 15.6. The second kappa shape index (κ2) is 5.82. The van der Waals surface area contributed by atoms with Crippen LogP contribution in [0.1, 0.15) is 10.4 Å². The number of para-hydroxylation sites is 1. The average Bonchev–Trinajstić information content (AvgIpc) is 2.60. The van der Waals surface area contributed by atoms with Gasteiger partial charge in [0.25, 0.3) is 0 Å². The molecule has 3 aromatic carbocycles. The standard InChI is InChI=1S/C19H13NO2S/c21-19(13-6-2-1-3-7-13)22-14-10-11-16-18(12-14)23-17-9-5-4-8-15(17)20-16/h1-12,20H. The van der Waals surface area contributed by atoms with Crippen LogP contribution in [0.3, 0.4) is 0 Å². The number of rotatable bonds is 2. The molecule has 112 valence electrons. The molecule has 4 rings (SSSR count). The summed E-state index contributed by atoms with van der Waals surface area (Å²) in [6.45, 7) is 0. The largest absolute Gasteiger partial charge is 0.423 e. The van der Waals surface area contributed by atoms with E-state index < -0.39 is 0 Å². The van der Waals surface area contributed by atoms with Crippen molar-refractivity contribution in [2.45, 2.75) is 9.79 Å². The highest BCUT2D eigenvalue weighted by atomic mass is 32.2. The maximum absolute atomic E-state index is 12.1. The zero-order valence-corrected chi connectivity index (χ0v) is 13.0. The minimum atomic E-state index is -0.347. The maximum atomic E-state index is 12.1. The van der Waals surface area contributed by atoms with Crippen LogP contribution in [0.5, 0.6) is 5.75 Å². The number of nitrogens with one attached hydrogen (secondary N) is 1. The van der Waals surface area contributed by atoms with Gasteiger partial charge in [-0.3, -0.25) is 0 Å². The third kappa shape index (κ3) is 2.81. The number of hydrogen-bond acceptors (Lipinski definition) is 4. The maximum Gasteiger partial charge on any atom is 0.343 e. The molecule has 0 radical (unpaired) electrons. The van der Waals surface area contributed by atoms with Gasteiger partial charge in [-0.05, 0) is 42.5 Å². The van der Waals surface area contributed by atoms with E-state index in [0.717, 1.165) is 21.2 Å². The number of carbonyl (C=O) groups is 1. The first-order valence-corrected chi connectivity index (χ1v) is 8.06. The Kier molecular flexibility index (Phi) is 3.52. The lowest BCUT2D eigenvalue weighted by atomic mass is 10.2. The van der Waals surface area contributed by atoms with Crippen molar-refractivity contribution in [3.63, 3.8) is 0 Å². The highest BCUT2D eigenvalue weighted by molar-refractivity contribution is 7.99. The van der Waals surface area contributed by atoms with Gasteiger partial charge in [-0.2, -0.15) is 0 Å². The zero-order valence-electron chi connectivity index (χ0n) is 12.2. The number of carbonyl (C=O) groups excluding carboxylic acids is 1. The predicted octanol–water partition coefficient (Wildman–Crippen LogP) is 5.11. The van der Waals surface area contributed by atoms with E-state index in [1.165, 1.54) is 0 Å². The number of benzene rings is 3. The molecular weight excluding hydrogens is 306 g/mol. The third-order valence-electron chi connectivity index (χ3n) is 3.55. The van der Waals surface area contributed by atoms with Crippen LogP contribution < -0.4 is 10.1 Å². The van der Waals surface area contributed by atoms with Crippen molar-refractivity contribution in [2.24, 2.45) is 0 Å². The summed E-state index contributed by atoms with van der Waals surface area (Å²) in [5.41, 5.74) is 2.66. The van der Waals surface area contributed by atoms with Crippen LogP contribution in [-0.4, -0.2) is 5.97 Å².